The zero-order valence-electron chi connectivity index (χ0n) is 14.2. The van der Waals surface area contributed by atoms with Crippen molar-refractivity contribution in [1.82, 2.24) is 0 Å². The van der Waals surface area contributed by atoms with Crippen molar-refractivity contribution in [3.05, 3.63) is 34.9 Å². The molecule has 1 aromatic carbocycles. The molecular weight excluding hydrogens is 260 g/mol. The second-order valence-corrected chi connectivity index (χ2v) is 6.06. The lowest BCUT2D eigenvalue weighted by atomic mass is 9.93. The second kappa shape index (κ2) is 8.86. The summed E-state index contributed by atoms with van der Waals surface area (Å²) in [5, 5.41) is 0. The highest BCUT2D eigenvalue weighted by atomic mass is 16.5. The summed E-state index contributed by atoms with van der Waals surface area (Å²) in [4.78, 5) is 12.3. The average molecular weight is 290 g/mol. The second-order valence-electron chi connectivity index (χ2n) is 6.06. The first-order chi connectivity index (χ1) is 10.0. The molecule has 0 aliphatic heterocycles. The van der Waals surface area contributed by atoms with Gasteiger partial charge in [0, 0.05) is 0 Å². The molecule has 0 radical (unpaired) electrons. The largest absolute Gasteiger partial charge is 0.465 e. The predicted octanol–water partition coefficient (Wildman–Crippen LogP) is 5.17. The van der Waals surface area contributed by atoms with Crippen LogP contribution in [0.25, 0.3) is 0 Å². The molecule has 2 unspecified atom stereocenters. The molecule has 0 spiro atoms. The first-order valence-electron chi connectivity index (χ1n) is 8.23. The van der Waals surface area contributed by atoms with Crippen LogP contribution in [-0.4, -0.2) is 12.6 Å². The minimum absolute atomic E-state index is 0.0985. The smallest absolute Gasteiger partial charge is 0.313 e. The molecule has 2 atom stereocenters. The normalized spacial score (nSPS) is 13.8. The number of rotatable bonds is 8. The van der Waals surface area contributed by atoms with Crippen molar-refractivity contribution in [3.8, 4) is 0 Å². The SMILES string of the molecule is CCCCC(CC)COC(=O)C(C)c1cccc(C)c1C. The van der Waals surface area contributed by atoms with E-state index in [9.17, 15) is 4.79 Å². The Labute approximate surface area is 129 Å². The number of esters is 1. The van der Waals surface area contributed by atoms with Crippen LogP contribution < -0.4 is 0 Å². The van der Waals surface area contributed by atoms with Gasteiger partial charge in [-0.25, -0.2) is 0 Å². The van der Waals surface area contributed by atoms with Crippen molar-refractivity contribution in [3.63, 3.8) is 0 Å². The van der Waals surface area contributed by atoms with Gasteiger partial charge in [-0.15, -0.1) is 0 Å². The van der Waals surface area contributed by atoms with Crippen molar-refractivity contribution in [2.24, 2.45) is 5.92 Å². The molecule has 1 aromatic rings. The number of hydrogen-bond acceptors (Lipinski definition) is 2. The topological polar surface area (TPSA) is 26.3 Å². The summed E-state index contributed by atoms with van der Waals surface area (Å²) in [6, 6.07) is 6.12. The molecule has 0 N–H and O–H groups in total. The molecule has 118 valence electrons. The molecule has 0 aliphatic rings. The van der Waals surface area contributed by atoms with Crippen LogP contribution in [0.5, 0.6) is 0 Å². The van der Waals surface area contributed by atoms with E-state index in [4.69, 9.17) is 4.74 Å². The van der Waals surface area contributed by atoms with Gasteiger partial charge in [0.05, 0.1) is 12.5 Å². The zero-order chi connectivity index (χ0) is 15.8. The van der Waals surface area contributed by atoms with Crippen LogP contribution in [0.3, 0.4) is 0 Å². The van der Waals surface area contributed by atoms with E-state index in [0.29, 0.717) is 12.5 Å². The highest BCUT2D eigenvalue weighted by Gasteiger charge is 2.20. The van der Waals surface area contributed by atoms with Crippen LogP contribution in [0, 0.1) is 19.8 Å². The third-order valence-corrected chi connectivity index (χ3v) is 4.47. The minimum atomic E-state index is -0.186. The number of benzene rings is 1. The van der Waals surface area contributed by atoms with Gasteiger partial charge in [0.1, 0.15) is 0 Å². The van der Waals surface area contributed by atoms with E-state index in [1.54, 1.807) is 0 Å². The Hall–Kier alpha value is -1.31. The number of carbonyl (C=O) groups excluding carboxylic acids is 1. The van der Waals surface area contributed by atoms with Gasteiger partial charge < -0.3 is 4.74 Å². The van der Waals surface area contributed by atoms with Crippen LogP contribution in [0.4, 0.5) is 0 Å². The molecule has 0 bridgehead atoms. The Morgan fingerprint density at radius 3 is 2.57 bits per heavy atom. The third kappa shape index (κ3) is 5.18. The predicted molar refractivity (Wildman–Crippen MR) is 88.6 cm³/mol. The van der Waals surface area contributed by atoms with Gasteiger partial charge in [-0.1, -0.05) is 51.3 Å². The number of ether oxygens (including phenoxy) is 1. The summed E-state index contributed by atoms with van der Waals surface area (Å²) < 4.78 is 5.56. The molecule has 0 amide bonds. The Kier molecular flexibility index (Phi) is 7.49. The molecule has 0 saturated carbocycles. The van der Waals surface area contributed by atoms with Crippen LogP contribution >= 0.6 is 0 Å². The Balaban J connectivity index is 2.60. The molecular formula is C19H30O2. The molecule has 0 fully saturated rings. The van der Waals surface area contributed by atoms with Gasteiger partial charge in [-0.05, 0) is 49.8 Å². The first-order valence-corrected chi connectivity index (χ1v) is 8.23. The number of unbranched alkanes of at least 4 members (excludes halogenated alkanes) is 1. The number of aryl methyl sites for hydroxylation is 1. The van der Waals surface area contributed by atoms with Gasteiger partial charge in [0.15, 0.2) is 0 Å². The molecule has 0 aliphatic carbocycles. The van der Waals surface area contributed by atoms with E-state index in [1.165, 1.54) is 24.0 Å². The lowest BCUT2D eigenvalue weighted by molar-refractivity contribution is -0.146. The van der Waals surface area contributed by atoms with Crippen molar-refractivity contribution in [2.75, 3.05) is 6.61 Å². The van der Waals surface area contributed by atoms with Crippen molar-refractivity contribution < 1.29 is 9.53 Å². The Bertz CT molecular complexity index is 451. The fraction of sp³-hybridized carbons (Fsp3) is 0.632. The maximum absolute atomic E-state index is 12.3. The molecule has 1 rings (SSSR count). The fourth-order valence-electron chi connectivity index (χ4n) is 2.59. The molecule has 0 aromatic heterocycles. The minimum Gasteiger partial charge on any atom is -0.465 e. The quantitative estimate of drug-likeness (QED) is 0.618. The van der Waals surface area contributed by atoms with Crippen LogP contribution in [-0.2, 0) is 9.53 Å². The van der Waals surface area contributed by atoms with E-state index >= 15 is 0 Å². The van der Waals surface area contributed by atoms with E-state index in [-0.39, 0.29) is 11.9 Å². The molecule has 21 heavy (non-hydrogen) atoms. The Morgan fingerprint density at radius 2 is 1.95 bits per heavy atom. The maximum atomic E-state index is 12.3. The van der Waals surface area contributed by atoms with Crippen LogP contribution in [0.15, 0.2) is 18.2 Å². The summed E-state index contributed by atoms with van der Waals surface area (Å²) in [7, 11) is 0. The number of carbonyl (C=O) groups is 1. The van der Waals surface area contributed by atoms with Gasteiger partial charge in [-0.3, -0.25) is 4.79 Å². The average Bonchev–Trinajstić information content (AvgIpc) is 2.49. The van der Waals surface area contributed by atoms with Gasteiger partial charge in [-0.2, -0.15) is 0 Å². The van der Waals surface area contributed by atoms with E-state index in [2.05, 4.69) is 33.8 Å². The van der Waals surface area contributed by atoms with Crippen LogP contribution in [0.1, 0.15) is 69.1 Å². The molecule has 0 saturated heterocycles. The van der Waals surface area contributed by atoms with Crippen LogP contribution in [0.2, 0.25) is 0 Å². The first kappa shape index (κ1) is 17.7. The number of hydrogen-bond donors (Lipinski definition) is 0. The summed E-state index contributed by atoms with van der Waals surface area (Å²) in [5.74, 6) is 0.215. The summed E-state index contributed by atoms with van der Waals surface area (Å²) in [6.07, 6.45) is 4.63. The van der Waals surface area contributed by atoms with Gasteiger partial charge in [0.2, 0.25) is 0 Å². The monoisotopic (exact) mass is 290 g/mol. The summed E-state index contributed by atoms with van der Waals surface area (Å²) in [6.45, 7) is 11.0. The molecule has 2 nitrogen and oxygen atoms in total. The molecule has 2 heteroatoms. The highest BCUT2D eigenvalue weighted by Crippen LogP contribution is 2.24. The lowest BCUT2D eigenvalue weighted by Gasteiger charge is -2.18. The fourth-order valence-corrected chi connectivity index (χ4v) is 2.59. The molecule has 0 heterocycles. The third-order valence-electron chi connectivity index (χ3n) is 4.47. The van der Waals surface area contributed by atoms with Gasteiger partial charge in [0.25, 0.3) is 0 Å². The van der Waals surface area contributed by atoms with Crippen molar-refractivity contribution in [1.29, 1.82) is 0 Å². The Morgan fingerprint density at radius 1 is 1.24 bits per heavy atom. The van der Waals surface area contributed by atoms with E-state index < -0.39 is 0 Å². The van der Waals surface area contributed by atoms with E-state index in [0.717, 1.165) is 18.4 Å². The zero-order valence-corrected chi connectivity index (χ0v) is 14.2. The summed E-state index contributed by atoms with van der Waals surface area (Å²) >= 11 is 0. The van der Waals surface area contributed by atoms with Gasteiger partial charge >= 0.3 is 5.97 Å². The maximum Gasteiger partial charge on any atom is 0.313 e. The van der Waals surface area contributed by atoms with E-state index in [1.807, 2.05) is 19.1 Å². The highest BCUT2D eigenvalue weighted by molar-refractivity contribution is 5.78. The lowest BCUT2D eigenvalue weighted by Crippen LogP contribution is -2.19. The van der Waals surface area contributed by atoms with Crippen molar-refractivity contribution >= 4 is 5.97 Å². The summed E-state index contributed by atoms with van der Waals surface area (Å²) in [5.41, 5.74) is 3.50. The van der Waals surface area contributed by atoms with Crippen molar-refractivity contribution in [2.45, 2.75) is 66.2 Å². The standard InChI is InChI=1S/C19H30O2/c1-6-8-11-17(7-2)13-21-19(20)16(5)18-12-9-10-14(3)15(18)4/h9-10,12,16-17H,6-8,11,13H2,1-5H3.